The Labute approximate surface area is 100 Å². The van der Waals surface area contributed by atoms with E-state index in [4.69, 9.17) is 0 Å². The summed E-state index contributed by atoms with van der Waals surface area (Å²) in [5.41, 5.74) is 0.923. The van der Waals surface area contributed by atoms with Crippen molar-refractivity contribution in [1.82, 2.24) is 5.32 Å². The topological polar surface area (TPSA) is 49.3 Å². The Morgan fingerprint density at radius 1 is 1.44 bits per heavy atom. The van der Waals surface area contributed by atoms with Crippen LogP contribution in [0.1, 0.15) is 18.5 Å². The van der Waals surface area contributed by atoms with Gasteiger partial charge in [-0.1, -0.05) is 30.3 Å². The first-order chi connectivity index (χ1) is 7.69. The van der Waals surface area contributed by atoms with Crippen molar-refractivity contribution in [3.05, 3.63) is 35.9 Å². The molecular weight excluding hydrogens is 222 g/mol. The molecule has 0 saturated heterocycles. The van der Waals surface area contributed by atoms with Crippen molar-refractivity contribution >= 4 is 17.7 Å². The number of hydrogen-bond acceptors (Lipinski definition) is 3. The Kier molecular flexibility index (Phi) is 5.35. The van der Waals surface area contributed by atoms with Gasteiger partial charge in [0.1, 0.15) is 0 Å². The summed E-state index contributed by atoms with van der Waals surface area (Å²) in [7, 11) is 0. The predicted octanol–water partition coefficient (Wildman–Crippen LogP) is 1.59. The van der Waals surface area contributed by atoms with Crippen LogP contribution in [0.5, 0.6) is 0 Å². The van der Waals surface area contributed by atoms with Gasteiger partial charge < -0.3 is 10.4 Å². The van der Waals surface area contributed by atoms with E-state index in [2.05, 4.69) is 5.32 Å². The lowest BCUT2D eigenvalue weighted by Gasteiger charge is -2.18. The lowest BCUT2D eigenvalue weighted by Crippen LogP contribution is -2.35. The Hall–Kier alpha value is -1.00. The number of thioether (sulfide) groups is 1. The van der Waals surface area contributed by atoms with E-state index in [1.165, 1.54) is 11.8 Å². The number of hydrogen-bond donors (Lipinski definition) is 2. The summed E-state index contributed by atoms with van der Waals surface area (Å²) in [6, 6.07) is 9.16. The largest absolute Gasteiger partial charge is 0.394 e. The van der Waals surface area contributed by atoms with E-state index in [0.717, 1.165) is 5.56 Å². The van der Waals surface area contributed by atoms with Gasteiger partial charge in [0.25, 0.3) is 0 Å². The second kappa shape index (κ2) is 6.55. The molecule has 2 atom stereocenters. The third kappa shape index (κ3) is 3.54. The smallest absolute Gasteiger partial charge is 0.233 e. The lowest BCUT2D eigenvalue weighted by molar-refractivity contribution is -0.121. The molecule has 16 heavy (non-hydrogen) atoms. The molecule has 0 radical (unpaired) electrons. The molecule has 88 valence electrons. The molecule has 0 aliphatic heterocycles. The maximum Gasteiger partial charge on any atom is 0.233 e. The summed E-state index contributed by atoms with van der Waals surface area (Å²) in [4.78, 5) is 11.7. The molecule has 0 aliphatic carbocycles. The fraction of sp³-hybridized carbons (Fsp3) is 0.417. The zero-order chi connectivity index (χ0) is 12.0. The van der Waals surface area contributed by atoms with Crippen molar-refractivity contribution in [3.8, 4) is 0 Å². The molecule has 1 amide bonds. The maximum atomic E-state index is 11.7. The molecule has 4 heteroatoms. The van der Waals surface area contributed by atoms with Crippen molar-refractivity contribution in [2.45, 2.75) is 18.2 Å². The number of amides is 1. The molecule has 0 fully saturated rings. The minimum absolute atomic E-state index is 0.0459. The van der Waals surface area contributed by atoms with Crippen LogP contribution in [0.2, 0.25) is 0 Å². The van der Waals surface area contributed by atoms with Crippen LogP contribution in [0.4, 0.5) is 0 Å². The highest BCUT2D eigenvalue weighted by atomic mass is 32.2. The van der Waals surface area contributed by atoms with Gasteiger partial charge in [-0.2, -0.15) is 11.8 Å². The number of carbonyl (C=O) groups is 1. The average molecular weight is 239 g/mol. The minimum Gasteiger partial charge on any atom is -0.394 e. The quantitative estimate of drug-likeness (QED) is 0.820. The van der Waals surface area contributed by atoms with Gasteiger partial charge in [0.05, 0.1) is 17.9 Å². The maximum absolute atomic E-state index is 11.7. The molecule has 0 bridgehead atoms. The van der Waals surface area contributed by atoms with Crippen LogP contribution in [-0.2, 0) is 4.79 Å². The summed E-state index contributed by atoms with van der Waals surface area (Å²) in [5.74, 6) is -0.0459. The highest BCUT2D eigenvalue weighted by molar-refractivity contribution is 7.99. The van der Waals surface area contributed by atoms with E-state index >= 15 is 0 Å². The zero-order valence-electron chi connectivity index (χ0n) is 9.51. The van der Waals surface area contributed by atoms with Crippen LogP contribution in [0.15, 0.2) is 30.3 Å². The molecular formula is C12H17NO2S. The van der Waals surface area contributed by atoms with Gasteiger partial charge in [0.2, 0.25) is 5.91 Å². The number of carbonyl (C=O) groups excluding carboxylic acids is 1. The molecule has 0 aromatic heterocycles. The molecule has 0 saturated carbocycles. The van der Waals surface area contributed by atoms with Crippen LogP contribution < -0.4 is 5.32 Å². The Bertz CT molecular complexity index is 329. The van der Waals surface area contributed by atoms with Gasteiger partial charge in [-0.3, -0.25) is 4.79 Å². The molecule has 3 nitrogen and oxygen atoms in total. The molecule has 0 spiro atoms. The molecule has 1 aromatic carbocycles. The number of nitrogens with one attached hydrogen (secondary N) is 1. The Balaban J connectivity index is 2.66. The van der Waals surface area contributed by atoms with Crippen LogP contribution in [0, 0.1) is 0 Å². The van der Waals surface area contributed by atoms with Crippen molar-refractivity contribution in [2.75, 3.05) is 12.9 Å². The molecule has 2 N–H and O–H groups in total. The van der Waals surface area contributed by atoms with Crippen molar-refractivity contribution in [1.29, 1.82) is 0 Å². The molecule has 0 heterocycles. The van der Waals surface area contributed by atoms with Gasteiger partial charge in [-0.05, 0) is 18.7 Å². The van der Waals surface area contributed by atoms with E-state index in [-0.39, 0.29) is 23.8 Å². The molecule has 1 rings (SSSR count). The van der Waals surface area contributed by atoms with Crippen LogP contribution in [0.25, 0.3) is 0 Å². The zero-order valence-corrected chi connectivity index (χ0v) is 10.3. The molecule has 2 unspecified atom stereocenters. The second-order valence-electron chi connectivity index (χ2n) is 3.53. The van der Waals surface area contributed by atoms with Gasteiger partial charge >= 0.3 is 0 Å². The average Bonchev–Trinajstić information content (AvgIpc) is 2.35. The summed E-state index contributed by atoms with van der Waals surface area (Å²) in [5, 5.41) is 12.0. The van der Waals surface area contributed by atoms with Gasteiger partial charge in [0, 0.05) is 0 Å². The summed E-state index contributed by atoms with van der Waals surface area (Å²) >= 11 is 1.49. The van der Waals surface area contributed by atoms with Crippen LogP contribution in [0.3, 0.4) is 0 Å². The van der Waals surface area contributed by atoms with E-state index in [1.807, 2.05) is 43.5 Å². The van der Waals surface area contributed by atoms with Crippen LogP contribution >= 0.6 is 11.8 Å². The van der Waals surface area contributed by atoms with E-state index in [9.17, 15) is 9.90 Å². The number of aliphatic hydroxyl groups excluding tert-OH is 1. The van der Waals surface area contributed by atoms with Gasteiger partial charge in [0.15, 0.2) is 0 Å². The number of aliphatic hydroxyl groups is 1. The third-order valence-corrected chi connectivity index (χ3v) is 3.34. The number of rotatable bonds is 5. The third-order valence-electron chi connectivity index (χ3n) is 2.42. The first kappa shape index (κ1) is 13.1. The summed E-state index contributed by atoms with van der Waals surface area (Å²) in [6.07, 6.45) is 1.89. The molecule has 0 aliphatic rings. The van der Waals surface area contributed by atoms with Crippen LogP contribution in [-0.4, -0.2) is 29.1 Å². The lowest BCUT2D eigenvalue weighted by atomic mass is 10.1. The Morgan fingerprint density at radius 3 is 2.56 bits per heavy atom. The summed E-state index contributed by atoms with van der Waals surface area (Å²) < 4.78 is 0. The predicted molar refractivity (Wildman–Crippen MR) is 67.4 cm³/mol. The van der Waals surface area contributed by atoms with E-state index < -0.39 is 0 Å². The van der Waals surface area contributed by atoms with Crippen molar-refractivity contribution < 1.29 is 9.90 Å². The summed E-state index contributed by atoms with van der Waals surface area (Å²) in [6.45, 7) is 1.76. The minimum atomic E-state index is -0.316. The normalized spacial score (nSPS) is 14.2. The SMILES string of the molecule is CSC(C)C(=O)NC(CO)c1ccccc1. The standard InChI is InChI=1S/C12H17NO2S/c1-9(16-2)12(15)13-11(8-14)10-6-4-3-5-7-10/h3-7,9,11,14H,8H2,1-2H3,(H,13,15). The first-order valence-corrected chi connectivity index (χ1v) is 6.46. The van der Waals surface area contributed by atoms with E-state index in [0.29, 0.717) is 0 Å². The Morgan fingerprint density at radius 2 is 2.06 bits per heavy atom. The fourth-order valence-electron chi connectivity index (χ4n) is 1.32. The van der Waals surface area contributed by atoms with E-state index in [1.54, 1.807) is 0 Å². The molecule has 1 aromatic rings. The fourth-order valence-corrected chi connectivity index (χ4v) is 1.60. The van der Waals surface area contributed by atoms with Gasteiger partial charge in [-0.15, -0.1) is 0 Å². The number of benzene rings is 1. The highest BCUT2D eigenvalue weighted by Crippen LogP contribution is 2.13. The van der Waals surface area contributed by atoms with Crippen molar-refractivity contribution in [3.63, 3.8) is 0 Å². The second-order valence-corrected chi connectivity index (χ2v) is 4.71. The van der Waals surface area contributed by atoms with Crippen molar-refractivity contribution in [2.24, 2.45) is 0 Å². The monoisotopic (exact) mass is 239 g/mol. The first-order valence-electron chi connectivity index (χ1n) is 5.18. The highest BCUT2D eigenvalue weighted by Gasteiger charge is 2.17. The van der Waals surface area contributed by atoms with Gasteiger partial charge in [-0.25, -0.2) is 0 Å².